The molecule has 0 fully saturated rings. The molecule has 0 saturated carbocycles. The molecule has 0 radical (unpaired) electrons. The van der Waals surface area contributed by atoms with Gasteiger partial charge in [0.25, 0.3) is 5.56 Å². The van der Waals surface area contributed by atoms with E-state index in [1.807, 2.05) is 18.2 Å². The van der Waals surface area contributed by atoms with Gasteiger partial charge in [-0.25, -0.2) is 10.4 Å². The number of anilines is 1. The first kappa shape index (κ1) is 24.8. The van der Waals surface area contributed by atoms with Crippen molar-refractivity contribution in [3.8, 4) is 28.8 Å². The number of para-hydroxylation sites is 1. The van der Waals surface area contributed by atoms with E-state index in [0.29, 0.717) is 32.7 Å². The van der Waals surface area contributed by atoms with Crippen molar-refractivity contribution in [1.29, 1.82) is 5.26 Å². The highest BCUT2D eigenvalue weighted by Gasteiger charge is 2.13. The van der Waals surface area contributed by atoms with Gasteiger partial charge >= 0.3 is 0 Å². The van der Waals surface area contributed by atoms with Crippen molar-refractivity contribution < 1.29 is 9.47 Å². The minimum Gasteiger partial charge on any atom is -0.493 e. The lowest BCUT2D eigenvalue weighted by molar-refractivity contribution is 0.284. The molecule has 8 nitrogen and oxygen atoms in total. The van der Waals surface area contributed by atoms with Crippen LogP contribution >= 0.6 is 23.2 Å². The Labute approximate surface area is 216 Å². The molecular weight excluding hydrogens is 501 g/mol. The predicted octanol–water partition coefficient (Wildman–Crippen LogP) is 5.65. The lowest BCUT2D eigenvalue weighted by Crippen LogP contribution is -2.16. The molecule has 4 rings (SSSR count). The van der Waals surface area contributed by atoms with E-state index in [2.05, 4.69) is 20.5 Å². The number of aromatic amines is 1. The molecule has 4 aromatic rings. The number of nitrogens with zero attached hydrogens (tertiary/aromatic N) is 3. The maximum atomic E-state index is 12.4. The number of hydrogen-bond acceptors (Lipinski definition) is 7. The average molecular weight is 520 g/mol. The first-order chi connectivity index (χ1) is 17.5. The summed E-state index contributed by atoms with van der Waals surface area (Å²) in [6.07, 6.45) is 1.51. The highest BCUT2D eigenvalue weighted by molar-refractivity contribution is 6.42. The number of methoxy groups -OCH3 is 1. The van der Waals surface area contributed by atoms with Crippen LogP contribution in [-0.4, -0.2) is 23.3 Å². The number of benzene rings is 3. The van der Waals surface area contributed by atoms with Crippen LogP contribution in [0.5, 0.6) is 11.5 Å². The van der Waals surface area contributed by atoms with E-state index in [1.165, 1.54) is 13.3 Å². The molecule has 1 heterocycles. The number of rotatable bonds is 8. The molecule has 3 aromatic carbocycles. The molecule has 0 aliphatic carbocycles. The van der Waals surface area contributed by atoms with Crippen LogP contribution in [0.25, 0.3) is 11.3 Å². The molecule has 10 heteroatoms. The highest BCUT2D eigenvalue weighted by Crippen LogP contribution is 2.31. The van der Waals surface area contributed by atoms with Crippen LogP contribution in [0, 0.1) is 11.3 Å². The summed E-state index contributed by atoms with van der Waals surface area (Å²) >= 11 is 12.1. The maximum Gasteiger partial charge on any atom is 0.270 e. The zero-order chi connectivity index (χ0) is 25.5. The van der Waals surface area contributed by atoms with Crippen molar-refractivity contribution in [3.05, 3.63) is 104 Å². The van der Waals surface area contributed by atoms with Gasteiger partial charge in [0, 0.05) is 11.1 Å². The molecule has 36 heavy (non-hydrogen) atoms. The number of nitrogens with one attached hydrogen (secondary N) is 2. The van der Waals surface area contributed by atoms with E-state index < -0.39 is 5.56 Å². The second-order valence-corrected chi connectivity index (χ2v) is 8.22. The molecule has 0 aliphatic heterocycles. The Morgan fingerprint density at radius 2 is 1.92 bits per heavy atom. The molecule has 0 unspecified atom stereocenters. The Balaban J connectivity index is 1.58. The Morgan fingerprint density at radius 1 is 1.11 bits per heavy atom. The van der Waals surface area contributed by atoms with Crippen LogP contribution in [0.1, 0.15) is 16.7 Å². The van der Waals surface area contributed by atoms with Gasteiger partial charge in [-0.3, -0.25) is 9.78 Å². The fourth-order valence-electron chi connectivity index (χ4n) is 3.33. The summed E-state index contributed by atoms with van der Waals surface area (Å²) in [6, 6.07) is 21.5. The molecule has 2 N–H and O–H groups in total. The van der Waals surface area contributed by atoms with Gasteiger partial charge in [-0.2, -0.15) is 10.4 Å². The third-order valence-electron chi connectivity index (χ3n) is 5.05. The average Bonchev–Trinajstić information content (AvgIpc) is 2.89. The van der Waals surface area contributed by atoms with E-state index in [9.17, 15) is 10.1 Å². The number of aromatic nitrogens is 2. The van der Waals surface area contributed by atoms with Gasteiger partial charge in [-0.15, -0.1) is 0 Å². The van der Waals surface area contributed by atoms with E-state index in [0.717, 1.165) is 5.56 Å². The normalized spacial score (nSPS) is 10.7. The summed E-state index contributed by atoms with van der Waals surface area (Å²) in [6.45, 7) is 0.219. The van der Waals surface area contributed by atoms with Crippen molar-refractivity contribution in [3.63, 3.8) is 0 Å². The zero-order valence-corrected chi connectivity index (χ0v) is 20.5. The Hall–Kier alpha value is -4.32. The van der Waals surface area contributed by atoms with Crippen LogP contribution in [0.15, 0.2) is 76.6 Å². The van der Waals surface area contributed by atoms with Crippen molar-refractivity contribution >= 4 is 35.4 Å². The van der Waals surface area contributed by atoms with Gasteiger partial charge < -0.3 is 9.47 Å². The minimum absolute atomic E-state index is 0.0790. The molecule has 0 saturated heterocycles. The largest absolute Gasteiger partial charge is 0.493 e. The SMILES string of the molecule is COc1cccc(C=NNc2nc(-c3ccccc3)c(C#N)c(=O)[nH]2)c1OCc1ccc(Cl)c(Cl)c1. The van der Waals surface area contributed by atoms with Crippen LogP contribution in [0.3, 0.4) is 0 Å². The van der Waals surface area contributed by atoms with Gasteiger partial charge in [0.15, 0.2) is 11.5 Å². The summed E-state index contributed by atoms with van der Waals surface area (Å²) in [7, 11) is 1.54. The van der Waals surface area contributed by atoms with Crippen LogP contribution < -0.4 is 20.5 Å². The summed E-state index contributed by atoms with van der Waals surface area (Å²) in [5.74, 6) is 1.05. The second kappa shape index (κ2) is 11.4. The maximum absolute atomic E-state index is 12.4. The Bertz CT molecular complexity index is 1510. The third kappa shape index (κ3) is 5.66. The van der Waals surface area contributed by atoms with Crippen molar-refractivity contribution in [1.82, 2.24) is 9.97 Å². The van der Waals surface area contributed by atoms with Crippen LogP contribution in [0.4, 0.5) is 5.95 Å². The molecule has 1 aromatic heterocycles. The van der Waals surface area contributed by atoms with Gasteiger partial charge in [-0.1, -0.05) is 65.7 Å². The fraction of sp³-hybridized carbons (Fsp3) is 0.0769. The number of nitriles is 1. The van der Waals surface area contributed by atoms with Crippen molar-refractivity contribution in [2.75, 3.05) is 12.5 Å². The lowest BCUT2D eigenvalue weighted by Gasteiger charge is -2.13. The first-order valence-electron chi connectivity index (χ1n) is 10.6. The summed E-state index contributed by atoms with van der Waals surface area (Å²) in [5.41, 5.74) is 4.39. The standard InChI is InChI=1S/C26H19Cl2N5O3/c1-35-22-9-5-8-18(24(22)36-15-16-10-11-20(27)21(28)12-16)14-30-33-26-31-23(17-6-3-2-4-7-17)19(13-29)25(34)32-26/h2-12,14H,15H2,1H3,(H2,31,32,33,34). The Morgan fingerprint density at radius 3 is 2.64 bits per heavy atom. The molecule has 0 amide bonds. The minimum atomic E-state index is -0.573. The number of H-pyrrole nitrogens is 1. The third-order valence-corrected chi connectivity index (χ3v) is 5.79. The smallest absolute Gasteiger partial charge is 0.270 e. The number of halogens is 2. The van der Waals surface area contributed by atoms with E-state index >= 15 is 0 Å². The second-order valence-electron chi connectivity index (χ2n) is 7.40. The van der Waals surface area contributed by atoms with Crippen molar-refractivity contribution in [2.45, 2.75) is 6.61 Å². The predicted molar refractivity (Wildman–Crippen MR) is 140 cm³/mol. The van der Waals surface area contributed by atoms with Gasteiger partial charge in [0.2, 0.25) is 5.95 Å². The first-order valence-corrected chi connectivity index (χ1v) is 11.4. The summed E-state index contributed by atoms with van der Waals surface area (Å²) in [5, 5.41) is 14.5. The monoisotopic (exact) mass is 519 g/mol. The van der Waals surface area contributed by atoms with Crippen molar-refractivity contribution in [2.24, 2.45) is 5.10 Å². The fourth-order valence-corrected chi connectivity index (χ4v) is 3.65. The molecule has 0 aliphatic rings. The zero-order valence-electron chi connectivity index (χ0n) is 19.0. The summed E-state index contributed by atoms with van der Waals surface area (Å²) in [4.78, 5) is 19.3. The highest BCUT2D eigenvalue weighted by atomic mass is 35.5. The van der Waals surface area contributed by atoms with Crippen LogP contribution in [-0.2, 0) is 6.61 Å². The van der Waals surface area contributed by atoms with Gasteiger partial charge in [0.1, 0.15) is 18.2 Å². The summed E-state index contributed by atoms with van der Waals surface area (Å²) < 4.78 is 11.5. The van der Waals surface area contributed by atoms with Crippen LogP contribution in [0.2, 0.25) is 10.0 Å². The quantitative estimate of drug-likeness (QED) is 0.229. The number of ether oxygens (including phenoxy) is 2. The molecule has 0 bridgehead atoms. The molecular formula is C26H19Cl2N5O3. The molecule has 0 spiro atoms. The van der Waals surface area contributed by atoms with Gasteiger partial charge in [-0.05, 0) is 29.8 Å². The lowest BCUT2D eigenvalue weighted by atomic mass is 10.1. The van der Waals surface area contributed by atoms with E-state index in [-0.39, 0.29) is 23.8 Å². The number of hydrogen-bond donors (Lipinski definition) is 2. The molecule has 0 atom stereocenters. The Kier molecular flexibility index (Phi) is 7.85. The number of hydrazone groups is 1. The van der Waals surface area contributed by atoms with Gasteiger partial charge in [0.05, 0.1) is 29.1 Å². The van der Waals surface area contributed by atoms with E-state index in [4.69, 9.17) is 32.7 Å². The molecule has 180 valence electrons. The van der Waals surface area contributed by atoms with E-state index in [1.54, 1.807) is 54.6 Å². The topological polar surface area (TPSA) is 112 Å².